The second kappa shape index (κ2) is 8.58. The highest BCUT2D eigenvalue weighted by Crippen LogP contribution is 2.29. The summed E-state index contributed by atoms with van der Waals surface area (Å²) in [7, 11) is 0. The summed E-state index contributed by atoms with van der Waals surface area (Å²) in [5.41, 5.74) is 2.76. The zero-order valence-electron chi connectivity index (χ0n) is 15.8. The molecule has 0 saturated carbocycles. The van der Waals surface area contributed by atoms with Gasteiger partial charge in [0.2, 0.25) is 11.1 Å². The highest BCUT2D eigenvalue weighted by atomic mass is 32.2. The molecule has 10 heteroatoms. The molecule has 2 aromatic heterocycles. The van der Waals surface area contributed by atoms with Crippen LogP contribution >= 0.6 is 23.1 Å². The van der Waals surface area contributed by atoms with Gasteiger partial charge >= 0.3 is 0 Å². The number of rotatable bonds is 7. The Labute approximate surface area is 175 Å². The van der Waals surface area contributed by atoms with Crippen molar-refractivity contribution in [3.63, 3.8) is 0 Å². The molecular weight excluding hydrogens is 408 g/mol. The number of aryl methyl sites for hydroxylation is 1. The third-order valence-corrected chi connectivity index (χ3v) is 5.89. The number of nitrogens with one attached hydrogen (secondary N) is 1. The van der Waals surface area contributed by atoms with Crippen LogP contribution in [0.2, 0.25) is 0 Å². The van der Waals surface area contributed by atoms with E-state index in [0.717, 1.165) is 27.2 Å². The van der Waals surface area contributed by atoms with Crippen LogP contribution in [0.5, 0.6) is 5.75 Å². The molecule has 0 aliphatic rings. The first kappa shape index (κ1) is 19.3. The number of fused-ring (bicyclic) bond motifs is 1. The monoisotopic (exact) mass is 426 g/mol. The van der Waals surface area contributed by atoms with Gasteiger partial charge in [0.1, 0.15) is 5.75 Å². The maximum absolute atomic E-state index is 12.4. The lowest BCUT2D eigenvalue weighted by atomic mass is 10.2. The summed E-state index contributed by atoms with van der Waals surface area (Å²) in [6.45, 7) is 4.53. The van der Waals surface area contributed by atoms with Crippen molar-refractivity contribution in [3.05, 3.63) is 48.0 Å². The number of benzene rings is 2. The summed E-state index contributed by atoms with van der Waals surface area (Å²) < 4.78 is 8.11. The van der Waals surface area contributed by atoms with Crippen LogP contribution in [0.3, 0.4) is 0 Å². The molecule has 0 fully saturated rings. The van der Waals surface area contributed by atoms with Crippen LogP contribution in [-0.4, -0.2) is 43.5 Å². The number of anilines is 1. The molecule has 29 heavy (non-hydrogen) atoms. The lowest BCUT2D eigenvalue weighted by Crippen LogP contribution is -2.14. The third-order valence-electron chi connectivity index (χ3n) is 4.03. The summed E-state index contributed by atoms with van der Waals surface area (Å²) in [6.07, 6.45) is 0. The number of carbonyl (C=O) groups is 1. The maximum atomic E-state index is 12.4. The van der Waals surface area contributed by atoms with Crippen LogP contribution < -0.4 is 10.1 Å². The van der Waals surface area contributed by atoms with E-state index in [4.69, 9.17) is 4.74 Å². The van der Waals surface area contributed by atoms with E-state index in [1.165, 1.54) is 23.1 Å². The van der Waals surface area contributed by atoms with Gasteiger partial charge in [-0.1, -0.05) is 41.3 Å². The van der Waals surface area contributed by atoms with E-state index in [1.807, 2.05) is 56.3 Å². The highest BCUT2D eigenvalue weighted by Gasteiger charge is 2.14. The molecule has 0 aliphatic heterocycles. The lowest BCUT2D eigenvalue weighted by Gasteiger charge is -2.06. The summed E-state index contributed by atoms with van der Waals surface area (Å²) in [6, 6.07) is 13.5. The third kappa shape index (κ3) is 4.38. The van der Waals surface area contributed by atoms with E-state index >= 15 is 0 Å². The van der Waals surface area contributed by atoms with Crippen molar-refractivity contribution in [2.45, 2.75) is 19.0 Å². The number of ether oxygens (including phenoxy) is 1. The molecule has 0 atom stereocenters. The fourth-order valence-electron chi connectivity index (χ4n) is 2.72. The van der Waals surface area contributed by atoms with Gasteiger partial charge in [-0.2, -0.15) is 4.68 Å². The molecule has 0 bridgehead atoms. The number of para-hydroxylation sites is 1. The summed E-state index contributed by atoms with van der Waals surface area (Å²) >= 11 is 2.69. The van der Waals surface area contributed by atoms with Gasteiger partial charge in [0.25, 0.3) is 0 Å². The molecule has 4 aromatic rings. The van der Waals surface area contributed by atoms with E-state index in [-0.39, 0.29) is 11.7 Å². The smallest absolute Gasteiger partial charge is 0.236 e. The van der Waals surface area contributed by atoms with E-state index in [1.54, 1.807) is 4.68 Å². The van der Waals surface area contributed by atoms with Gasteiger partial charge in [-0.3, -0.25) is 4.79 Å². The zero-order valence-corrected chi connectivity index (χ0v) is 17.5. The molecule has 0 unspecified atom stereocenters. The standard InChI is InChI=1S/C19H18N6O2S2/c1-3-27-13-8-9-14-16(10-13)29-18(20-14)21-17(26)11-28-19-22-23-24-25(19)15-7-5-4-6-12(15)2/h4-10H,3,11H2,1-2H3,(H,20,21,26). The van der Waals surface area contributed by atoms with E-state index in [0.29, 0.717) is 16.9 Å². The van der Waals surface area contributed by atoms with Gasteiger partial charge in [0.15, 0.2) is 5.13 Å². The van der Waals surface area contributed by atoms with Gasteiger partial charge in [-0.25, -0.2) is 4.98 Å². The number of nitrogens with zero attached hydrogens (tertiary/aromatic N) is 5. The molecule has 0 saturated heterocycles. The Morgan fingerprint density at radius 1 is 1.28 bits per heavy atom. The van der Waals surface area contributed by atoms with E-state index in [2.05, 4.69) is 25.8 Å². The minimum atomic E-state index is -0.168. The van der Waals surface area contributed by atoms with Gasteiger partial charge in [-0.15, -0.1) is 5.10 Å². The molecule has 2 aromatic carbocycles. The average molecular weight is 427 g/mol. The van der Waals surface area contributed by atoms with Crippen molar-refractivity contribution in [1.29, 1.82) is 0 Å². The summed E-state index contributed by atoms with van der Waals surface area (Å²) in [5, 5.41) is 15.8. The average Bonchev–Trinajstić information content (AvgIpc) is 3.33. The molecule has 0 aliphatic carbocycles. The van der Waals surface area contributed by atoms with Crippen LogP contribution in [0.4, 0.5) is 5.13 Å². The van der Waals surface area contributed by atoms with Crippen molar-refractivity contribution >= 4 is 44.4 Å². The normalized spacial score (nSPS) is 11.0. The van der Waals surface area contributed by atoms with Crippen LogP contribution in [-0.2, 0) is 4.79 Å². The number of carbonyl (C=O) groups excluding carboxylic acids is 1. The first-order valence-corrected chi connectivity index (χ1v) is 10.7. The van der Waals surface area contributed by atoms with Crippen molar-refractivity contribution in [3.8, 4) is 11.4 Å². The predicted molar refractivity (Wildman–Crippen MR) is 114 cm³/mol. The Morgan fingerprint density at radius 2 is 2.14 bits per heavy atom. The van der Waals surface area contributed by atoms with Crippen LogP contribution in [0.1, 0.15) is 12.5 Å². The molecule has 0 spiro atoms. The second-order valence-electron chi connectivity index (χ2n) is 6.08. The molecular formula is C19H18N6O2S2. The Morgan fingerprint density at radius 3 is 2.97 bits per heavy atom. The number of hydrogen-bond donors (Lipinski definition) is 1. The maximum Gasteiger partial charge on any atom is 0.236 e. The van der Waals surface area contributed by atoms with Gasteiger partial charge < -0.3 is 10.1 Å². The quantitative estimate of drug-likeness (QED) is 0.450. The number of thiazole rings is 1. The molecule has 148 valence electrons. The fourth-order valence-corrected chi connectivity index (χ4v) is 4.32. The van der Waals surface area contributed by atoms with Gasteiger partial charge in [-0.05, 0) is 54.1 Å². The van der Waals surface area contributed by atoms with Crippen molar-refractivity contribution < 1.29 is 9.53 Å². The number of aromatic nitrogens is 5. The van der Waals surface area contributed by atoms with E-state index < -0.39 is 0 Å². The fraction of sp³-hybridized carbons (Fsp3) is 0.211. The Hall–Kier alpha value is -2.98. The summed E-state index contributed by atoms with van der Waals surface area (Å²) in [4.78, 5) is 16.9. The Balaban J connectivity index is 1.42. The predicted octanol–water partition coefficient (Wildman–Crippen LogP) is 3.71. The van der Waals surface area contributed by atoms with Crippen molar-refractivity contribution in [2.75, 3.05) is 17.7 Å². The van der Waals surface area contributed by atoms with Crippen LogP contribution in [0.25, 0.3) is 15.9 Å². The Bertz CT molecular complexity index is 1160. The molecule has 4 rings (SSSR count). The lowest BCUT2D eigenvalue weighted by molar-refractivity contribution is -0.113. The number of tetrazole rings is 1. The highest BCUT2D eigenvalue weighted by molar-refractivity contribution is 7.99. The van der Waals surface area contributed by atoms with Crippen molar-refractivity contribution in [2.24, 2.45) is 0 Å². The number of amides is 1. The second-order valence-corrected chi connectivity index (χ2v) is 8.05. The molecule has 2 heterocycles. The molecule has 0 radical (unpaired) electrons. The number of thioether (sulfide) groups is 1. The first-order valence-electron chi connectivity index (χ1n) is 8.94. The topological polar surface area (TPSA) is 94.8 Å². The molecule has 1 amide bonds. The van der Waals surface area contributed by atoms with Gasteiger partial charge in [0, 0.05) is 0 Å². The Kier molecular flexibility index (Phi) is 5.72. The number of hydrogen-bond acceptors (Lipinski definition) is 8. The van der Waals surface area contributed by atoms with Gasteiger partial charge in [0.05, 0.1) is 28.3 Å². The first-order chi connectivity index (χ1) is 14.1. The minimum absolute atomic E-state index is 0.168. The molecule has 1 N–H and O–H groups in total. The van der Waals surface area contributed by atoms with Crippen molar-refractivity contribution in [1.82, 2.24) is 25.2 Å². The van der Waals surface area contributed by atoms with Crippen LogP contribution in [0, 0.1) is 6.92 Å². The molecule has 8 nitrogen and oxygen atoms in total. The van der Waals surface area contributed by atoms with Crippen LogP contribution in [0.15, 0.2) is 47.6 Å². The summed E-state index contributed by atoms with van der Waals surface area (Å²) in [5.74, 6) is 0.797. The van der Waals surface area contributed by atoms with E-state index in [9.17, 15) is 4.79 Å². The zero-order chi connectivity index (χ0) is 20.2. The minimum Gasteiger partial charge on any atom is -0.494 e. The SMILES string of the molecule is CCOc1ccc2nc(NC(=O)CSc3nnnn3-c3ccccc3C)sc2c1. The largest absolute Gasteiger partial charge is 0.494 e.